The molecule has 0 amide bonds. The lowest BCUT2D eigenvalue weighted by Crippen LogP contribution is -2.08. The number of hydrogen-bond acceptors (Lipinski definition) is 9. The van der Waals surface area contributed by atoms with E-state index in [1.807, 2.05) is 127 Å². The molecule has 0 unspecified atom stereocenters. The Kier molecular flexibility index (Phi) is 21.6. The molecule has 12 heteroatoms. The number of ether oxygens (including phenoxy) is 4. The van der Waals surface area contributed by atoms with E-state index in [4.69, 9.17) is 65.0 Å². The first-order valence-corrected chi connectivity index (χ1v) is 20.9. The van der Waals surface area contributed by atoms with Crippen molar-refractivity contribution in [1.29, 1.82) is 26.3 Å². The van der Waals surface area contributed by atoms with E-state index in [2.05, 4.69) is 21.5 Å². The lowest BCUT2D eigenvalue weighted by molar-refractivity contribution is 0.245. The molecule has 0 N–H and O–H groups in total. The van der Waals surface area contributed by atoms with E-state index in [-0.39, 0.29) is 22.7 Å². The molecule has 0 saturated heterocycles. The van der Waals surface area contributed by atoms with E-state index in [0.717, 1.165) is 70.9 Å². The molecular formula is C54H48N8O4. The van der Waals surface area contributed by atoms with Crippen LogP contribution in [-0.4, -0.2) is 26.4 Å². The minimum absolute atomic E-state index is 0.0917. The van der Waals surface area contributed by atoms with Gasteiger partial charge < -0.3 is 18.9 Å². The van der Waals surface area contributed by atoms with Crippen LogP contribution in [0, 0.1) is 82.3 Å². The van der Waals surface area contributed by atoms with Gasteiger partial charge in [-0.3, -0.25) is 0 Å². The third-order valence-corrected chi connectivity index (χ3v) is 10.3. The van der Waals surface area contributed by atoms with Crippen LogP contribution in [0.5, 0.6) is 23.0 Å². The Hall–Kier alpha value is -9.04. The van der Waals surface area contributed by atoms with E-state index in [9.17, 15) is 0 Å². The predicted molar refractivity (Wildman–Crippen MR) is 254 cm³/mol. The molecule has 0 heterocycles. The summed E-state index contributed by atoms with van der Waals surface area (Å²) < 4.78 is 23.1. The number of benzene rings is 4. The van der Waals surface area contributed by atoms with Crippen LogP contribution in [0.2, 0.25) is 0 Å². The first kappa shape index (κ1) is 51.3. The number of unbranched alkanes of at least 4 members (excludes halogenated alkanes) is 1. The lowest BCUT2D eigenvalue weighted by Gasteiger charge is -2.14. The van der Waals surface area contributed by atoms with E-state index in [1.54, 1.807) is 27.7 Å². The SMILES string of the molecule is [C-]#[N+]/C(C#N)=C(\C)c1ccc(OCCC(C)CCOc2ccc(/C(C)=C(\C#N)[N+]#[C-])cc2)cc1.[C-]#[N+]/C(C#N)=C(\C)c1ccc(OCCCCOc2ccc(C(C)=C(C#N)C#N)cc2)cc1. The Labute approximate surface area is 388 Å². The van der Waals surface area contributed by atoms with Crippen molar-refractivity contribution < 1.29 is 18.9 Å². The molecule has 0 aromatic heterocycles. The highest BCUT2D eigenvalue weighted by atomic mass is 16.5. The summed E-state index contributed by atoms with van der Waals surface area (Å²) in [7, 11) is 0. The zero-order valence-electron chi connectivity index (χ0n) is 37.7. The summed E-state index contributed by atoms with van der Waals surface area (Å²) in [5.74, 6) is 3.39. The Morgan fingerprint density at radius 2 is 0.682 bits per heavy atom. The van der Waals surface area contributed by atoms with Crippen LogP contribution >= 0.6 is 0 Å². The minimum Gasteiger partial charge on any atom is -0.494 e. The zero-order chi connectivity index (χ0) is 48.3. The van der Waals surface area contributed by atoms with Crippen molar-refractivity contribution >= 4 is 22.3 Å². The summed E-state index contributed by atoms with van der Waals surface area (Å²) in [6, 6.07) is 39.0. The van der Waals surface area contributed by atoms with Gasteiger partial charge in [0.2, 0.25) is 0 Å². The second kappa shape index (κ2) is 27.8. The molecule has 0 spiro atoms. The van der Waals surface area contributed by atoms with Crippen LogP contribution in [0.25, 0.3) is 36.8 Å². The highest BCUT2D eigenvalue weighted by Gasteiger charge is 2.09. The topological polar surface area (TPSA) is 169 Å². The van der Waals surface area contributed by atoms with Crippen LogP contribution in [0.3, 0.4) is 0 Å². The monoisotopic (exact) mass is 872 g/mol. The Bertz CT molecular complexity index is 2510. The summed E-state index contributed by atoms with van der Waals surface area (Å²) in [6.07, 6.45) is 3.42. The maximum absolute atomic E-state index is 9.00. The van der Waals surface area contributed by atoms with Crippen molar-refractivity contribution in [2.75, 3.05) is 26.4 Å². The Balaban J connectivity index is 0.000000351. The first-order chi connectivity index (χ1) is 32.0. The van der Waals surface area contributed by atoms with Crippen molar-refractivity contribution in [3.05, 3.63) is 176 Å². The van der Waals surface area contributed by atoms with Crippen LogP contribution in [0.4, 0.5) is 0 Å². The molecule has 0 atom stereocenters. The molecule has 0 aliphatic rings. The molecule has 4 aromatic carbocycles. The quantitative estimate of drug-likeness (QED) is 0.0505. The maximum atomic E-state index is 9.00. The van der Waals surface area contributed by atoms with Crippen molar-refractivity contribution in [3.8, 4) is 53.3 Å². The van der Waals surface area contributed by atoms with E-state index < -0.39 is 0 Å². The largest absolute Gasteiger partial charge is 0.494 e. The summed E-state index contributed by atoms with van der Waals surface area (Å²) in [4.78, 5) is 9.72. The average molecular weight is 873 g/mol. The van der Waals surface area contributed by atoms with Gasteiger partial charge in [-0.1, -0.05) is 55.5 Å². The number of nitriles is 5. The van der Waals surface area contributed by atoms with Crippen LogP contribution in [-0.2, 0) is 0 Å². The minimum atomic E-state index is 0.0917. The van der Waals surface area contributed by atoms with Gasteiger partial charge in [-0.2, -0.15) is 10.5 Å². The number of hydrogen-bond donors (Lipinski definition) is 0. The van der Waals surface area contributed by atoms with Crippen LogP contribution in [0.15, 0.2) is 120 Å². The Morgan fingerprint density at radius 1 is 0.424 bits per heavy atom. The lowest BCUT2D eigenvalue weighted by atomic mass is 10.0. The molecule has 0 aliphatic carbocycles. The summed E-state index contributed by atoms with van der Waals surface area (Å²) in [5, 5.41) is 44.9. The predicted octanol–water partition coefficient (Wildman–Crippen LogP) is 12.8. The van der Waals surface area contributed by atoms with Gasteiger partial charge in [-0.05, 0) is 152 Å². The van der Waals surface area contributed by atoms with E-state index in [0.29, 0.717) is 54.6 Å². The van der Waals surface area contributed by atoms with Gasteiger partial charge in [0.05, 0.1) is 64.4 Å². The third kappa shape index (κ3) is 16.0. The van der Waals surface area contributed by atoms with Crippen LogP contribution in [0.1, 0.15) is 82.6 Å². The maximum Gasteiger partial charge on any atom is 0.265 e. The molecule has 0 bridgehead atoms. The molecule has 328 valence electrons. The molecule has 0 fully saturated rings. The second-order valence-electron chi connectivity index (χ2n) is 14.7. The standard InChI is InChI=1S/C28H26N4O2.C26H22N4O2/c1-20(14-16-33-25-10-6-23(7-11-25)21(2)27(18-29)31-4)15-17-34-26-12-8-24(9-13-26)22(3)28(19-30)32-5;1-19(23(16-27)17-28)21-6-10-24(11-7-21)31-14-4-5-15-32-25-12-8-22(9-13-25)20(2)26(18-29)30-3/h6-13,20H,14-17H2,1-3H3;6-13H,4-5,14-15H2,1-2H3/b27-21+,28-22+;26-20+. The zero-order valence-corrected chi connectivity index (χ0v) is 37.7. The summed E-state index contributed by atoms with van der Waals surface area (Å²) >= 11 is 0. The van der Waals surface area contributed by atoms with Gasteiger partial charge in [0, 0.05) is 0 Å². The molecular weight excluding hydrogens is 825 g/mol. The smallest absolute Gasteiger partial charge is 0.265 e. The fourth-order valence-corrected chi connectivity index (χ4v) is 6.01. The molecule has 66 heavy (non-hydrogen) atoms. The van der Waals surface area contributed by atoms with Crippen molar-refractivity contribution in [3.63, 3.8) is 0 Å². The highest BCUT2D eigenvalue weighted by molar-refractivity contribution is 5.75. The highest BCUT2D eigenvalue weighted by Crippen LogP contribution is 2.26. The van der Waals surface area contributed by atoms with Gasteiger partial charge in [0.1, 0.15) is 40.7 Å². The number of allylic oxidation sites excluding steroid dienone is 8. The van der Waals surface area contributed by atoms with Crippen molar-refractivity contribution in [1.82, 2.24) is 0 Å². The van der Waals surface area contributed by atoms with E-state index >= 15 is 0 Å². The van der Waals surface area contributed by atoms with Crippen molar-refractivity contribution in [2.24, 2.45) is 5.92 Å². The number of nitrogens with zero attached hydrogens (tertiary/aromatic N) is 8. The van der Waals surface area contributed by atoms with Gasteiger partial charge in [-0.25, -0.2) is 30.3 Å². The molecule has 12 nitrogen and oxygen atoms in total. The third-order valence-electron chi connectivity index (χ3n) is 10.3. The van der Waals surface area contributed by atoms with Gasteiger partial charge in [0.15, 0.2) is 0 Å². The average Bonchev–Trinajstić information content (AvgIpc) is 3.35. The van der Waals surface area contributed by atoms with Gasteiger partial charge in [-0.15, -0.1) is 0 Å². The summed E-state index contributed by atoms with van der Waals surface area (Å²) in [5.41, 5.74) is 6.33. The molecule has 4 rings (SSSR count). The Morgan fingerprint density at radius 3 is 0.924 bits per heavy atom. The second-order valence-corrected chi connectivity index (χ2v) is 14.7. The fourth-order valence-electron chi connectivity index (χ4n) is 6.01. The van der Waals surface area contributed by atoms with Gasteiger partial charge in [0.25, 0.3) is 17.1 Å². The molecule has 0 radical (unpaired) electrons. The van der Waals surface area contributed by atoms with Gasteiger partial charge >= 0.3 is 0 Å². The van der Waals surface area contributed by atoms with E-state index in [1.165, 1.54) is 0 Å². The van der Waals surface area contributed by atoms with Crippen molar-refractivity contribution in [2.45, 2.75) is 60.3 Å². The normalized spacial score (nSPS) is 11.1. The summed E-state index contributed by atoms with van der Waals surface area (Å²) in [6.45, 7) is 32.6. The first-order valence-electron chi connectivity index (χ1n) is 20.9. The molecule has 0 aliphatic heterocycles. The molecule has 0 saturated carbocycles. The molecule has 4 aromatic rings. The fraction of sp³-hybridized carbons (Fsp3) is 0.259. The van der Waals surface area contributed by atoms with Crippen LogP contribution < -0.4 is 18.9 Å². The number of rotatable bonds is 19.